The van der Waals surface area contributed by atoms with Crippen molar-refractivity contribution in [2.24, 2.45) is 0 Å². The average Bonchev–Trinajstić information content (AvgIpc) is 3.22. The van der Waals surface area contributed by atoms with E-state index in [1.807, 2.05) is 17.0 Å². The third-order valence-electron chi connectivity index (χ3n) is 6.86. The molecule has 7 nitrogen and oxygen atoms in total. The topological polar surface area (TPSA) is 64.1 Å². The van der Waals surface area contributed by atoms with Gasteiger partial charge < -0.3 is 19.1 Å². The number of carbonyl (C=O) groups excluding carboxylic acids is 1. The Labute approximate surface area is 189 Å². The van der Waals surface area contributed by atoms with Crippen molar-refractivity contribution in [3.8, 4) is 11.5 Å². The number of amides is 1. The van der Waals surface area contributed by atoms with Crippen LogP contribution in [0, 0.1) is 0 Å². The van der Waals surface area contributed by atoms with Gasteiger partial charge in [0.25, 0.3) is 0 Å². The van der Waals surface area contributed by atoms with Crippen LogP contribution in [0.1, 0.15) is 36.1 Å². The number of pyridine rings is 1. The van der Waals surface area contributed by atoms with Gasteiger partial charge in [0.05, 0.1) is 51.1 Å². The lowest BCUT2D eigenvalue weighted by Crippen LogP contribution is -2.51. The predicted molar refractivity (Wildman–Crippen MR) is 120 cm³/mol. The first-order valence-electron chi connectivity index (χ1n) is 11.5. The van der Waals surface area contributed by atoms with Gasteiger partial charge in [0.1, 0.15) is 11.5 Å². The summed E-state index contributed by atoms with van der Waals surface area (Å²) in [7, 11) is 1.64. The van der Waals surface area contributed by atoms with E-state index in [0.717, 1.165) is 62.7 Å². The molecule has 1 amide bonds. The van der Waals surface area contributed by atoms with Crippen molar-refractivity contribution in [2.45, 2.75) is 44.4 Å². The van der Waals surface area contributed by atoms with Crippen LogP contribution >= 0.6 is 0 Å². The van der Waals surface area contributed by atoms with E-state index in [0.29, 0.717) is 26.1 Å². The first-order chi connectivity index (χ1) is 15.6. The van der Waals surface area contributed by atoms with Crippen LogP contribution in [0.4, 0.5) is 0 Å². The first-order valence-corrected chi connectivity index (χ1v) is 11.5. The van der Waals surface area contributed by atoms with Crippen LogP contribution in [-0.4, -0.2) is 66.2 Å². The van der Waals surface area contributed by atoms with Crippen molar-refractivity contribution < 1.29 is 19.0 Å². The molecule has 1 aromatic heterocycles. The highest BCUT2D eigenvalue weighted by molar-refractivity contribution is 5.76. The molecule has 32 heavy (non-hydrogen) atoms. The molecule has 2 aromatic rings. The molecule has 0 radical (unpaired) electrons. The van der Waals surface area contributed by atoms with E-state index >= 15 is 0 Å². The highest BCUT2D eigenvalue weighted by Crippen LogP contribution is 2.32. The number of likely N-dealkylation sites (tertiary alicyclic amines) is 1. The highest BCUT2D eigenvalue weighted by atomic mass is 16.5. The summed E-state index contributed by atoms with van der Waals surface area (Å²) in [5.74, 6) is 1.93. The summed E-state index contributed by atoms with van der Waals surface area (Å²) in [6.07, 6.45) is 5.01. The van der Waals surface area contributed by atoms with E-state index in [-0.39, 0.29) is 11.5 Å². The SMILES string of the molecule is COc1ccnc(CN2CC3(CCN(Cc4ccc5c(c4)CCO5)CC3)OCCC2=O)c1. The van der Waals surface area contributed by atoms with E-state index in [1.165, 1.54) is 11.1 Å². The van der Waals surface area contributed by atoms with Crippen LogP contribution in [0.25, 0.3) is 0 Å². The maximum Gasteiger partial charge on any atom is 0.225 e. The number of hydrogen-bond donors (Lipinski definition) is 0. The minimum absolute atomic E-state index is 0.134. The molecule has 2 saturated heterocycles. The molecular weight excluding hydrogens is 406 g/mol. The number of benzene rings is 1. The lowest BCUT2D eigenvalue weighted by Gasteiger charge is -2.42. The van der Waals surface area contributed by atoms with Gasteiger partial charge in [0, 0.05) is 38.3 Å². The zero-order valence-electron chi connectivity index (χ0n) is 18.7. The molecule has 5 rings (SSSR count). The number of methoxy groups -OCH3 is 1. The van der Waals surface area contributed by atoms with Gasteiger partial charge in [-0.1, -0.05) is 12.1 Å². The molecule has 3 aliphatic rings. The van der Waals surface area contributed by atoms with Crippen LogP contribution in [0.3, 0.4) is 0 Å². The van der Waals surface area contributed by atoms with Gasteiger partial charge in [-0.25, -0.2) is 0 Å². The van der Waals surface area contributed by atoms with Gasteiger partial charge in [0.2, 0.25) is 5.91 Å². The summed E-state index contributed by atoms with van der Waals surface area (Å²) in [5.41, 5.74) is 3.23. The van der Waals surface area contributed by atoms with E-state index < -0.39 is 0 Å². The fourth-order valence-corrected chi connectivity index (χ4v) is 5.02. The Balaban J connectivity index is 1.22. The lowest BCUT2D eigenvalue weighted by atomic mass is 9.90. The summed E-state index contributed by atoms with van der Waals surface area (Å²) in [4.78, 5) is 21.6. The summed E-state index contributed by atoms with van der Waals surface area (Å²) in [5, 5.41) is 0. The monoisotopic (exact) mass is 437 g/mol. The van der Waals surface area contributed by atoms with Gasteiger partial charge >= 0.3 is 0 Å². The number of hydrogen-bond acceptors (Lipinski definition) is 6. The Morgan fingerprint density at radius 1 is 1.09 bits per heavy atom. The smallest absolute Gasteiger partial charge is 0.225 e. The fourth-order valence-electron chi connectivity index (χ4n) is 5.02. The van der Waals surface area contributed by atoms with Gasteiger partial charge in [0.15, 0.2) is 0 Å². The van der Waals surface area contributed by atoms with Crippen LogP contribution in [-0.2, 0) is 29.0 Å². The van der Waals surface area contributed by atoms with Crippen molar-refractivity contribution in [2.75, 3.05) is 40.0 Å². The van der Waals surface area contributed by atoms with Crippen molar-refractivity contribution in [1.29, 1.82) is 0 Å². The number of carbonyl (C=O) groups is 1. The second kappa shape index (κ2) is 9.08. The molecule has 0 saturated carbocycles. The number of rotatable bonds is 5. The molecule has 3 aliphatic heterocycles. The maximum atomic E-state index is 12.8. The molecule has 1 aromatic carbocycles. The number of ether oxygens (including phenoxy) is 3. The molecular formula is C25H31N3O4. The Hall–Kier alpha value is -2.64. The first kappa shape index (κ1) is 21.2. The summed E-state index contributed by atoms with van der Waals surface area (Å²) < 4.78 is 17.3. The Morgan fingerprint density at radius 2 is 1.97 bits per heavy atom. The molecule has 170 valence electrons. The van der Waals surface area contributed by atoms with Crippen LogP contribution in [0.5, 0.6) is 11.5 Å². The number of fused-ring (bicyclic) bond motifs is 1. The van der Waals surface area contributed by atoms with Gasteiger partial charge in [-0.3, -0.25) is 14.7 Å². The summed E-state index contributed by atoms with van der Waals surface area (Å²) in [6.45, 7) is 5.27. The van der Waals surface area contributed by atoms with Crippen molar-refractivity contribution in [3.63, 3.8) is 0 Å². The quantitative estimate of drug-likeness (QED) is 0.717. The van der Waals surface area contributed by atoms with E-state index in [9.17, 15) is 4.79 Å². The van der Waals surface area contributed by atoms with Crippen LogP contribution in [0.15, 0.2) is 36.5 Å². The van der Waals surface area contributed by atoms with Crippen molar-refractivity contribution in [3.05, 3.63) is 53.3 Å². The minimum Gasteiger partial charge on any atom is -0.497 e. The molecule has 0 bridgehead atoms. The molecule has 0 atom stereocenters. The van der Waals surface area contributed by atoms with Gasteiger partial charge in [-0.15, -0.1) is 0 Å². The summed E-state index contributed by atoms with van der Waals surface area (Å²) in [6, 6.07) is 10.3. The predicted octanol–water partition coefficient (Wildman–Crippen LogP) is 2.81. The lowest BCUT2D eigenvalue weighted by molar-refractivity contribution is -0.132. The normalized spacial score (nSPS) is 20.7. The highest BCUT2D eigenvalue weighted by Gasteiger charge is 2.40. The third-order valence-corrected chi connectivity index (χ3v) is 6.86. The van der Waals surface area contributed by atoms with E-state index in [2.05, 4.69) is 28.1 Å². The maximum absolute atomic E-state index is 12.8. The Kier molecular flexibility index (Phi) is 6.02. The molecule has 0 aliphatic carbocycles. The second-order valence-electron chi connectivity index (χ2n) is 9.03. The van der Waals surface area contributed by atoms with Gasteiger partial charge in [-0.05, 0) is 36.1 Å². The Bertz CT molecular complexity index is 971. The van der Waals surface area contributed by atoms with Crippen LogP contribution < -0.4 is 9.47 Å². The van der Waals surface area contributed by atoms with E-state index in [1.54, 1.807) is 13.3 Å². The molecule has 4 heterocycles. The zero-order valence-corrected chi connectivity index (χ0v) is 18.7. The number of aromatic nitrogens is 1. The van der Waals surface area contributed by atoms with E-state index in [4.69, 9.17) is 14.2 Å². The van der Waals surface area contributed by atoms with Gasteiger partial charge in [-0.2, -0.15) is 0 Å². The fraction of sp³-hybridized carbons (Fsp3) is 0.520. The minimum atomic E-state index is -0.271. The molecule has 2 fully saturated rings. The number of nitrogens with zero attached hydrogens (tertiary/aromatic N) is 3. The van der Waals surface area contributed by atoms with Crippen molar-refractivity contribution >= 4 is 5.91 Å². The van der Waals surface area contributed by atoms with Crippen molar-refractivity contribution in [1.82, 2.24) is 14.8 Å². The van der Waals surface area contributed by atoms with Crippen LogP contribution in [0.2, 0.25) is 0 Å². The third kappa shape index (κ3) is 4.59. The molecule has 0 unspecified atom stereocenters. The zero-order chi connectivity index (χ0) is 22.0. The Morgan fingerprint density at radius 3 is 2.81 bits per heavy atom. The molecule has 7 heteroatoms. The summed E-state index contributed by atoms with van der Waals surface area (Å²) >= 11 is 0. The number of piperidine rings is 1. The largest absolute Gasteiger partial charge is 0.497 e. The second-order valence-corrected chi connectivity index (χ2v) is 9.03. The molecule has 1 spiro atoms. The molecule has 0 N–H and O–H groups in total. The average molecular weight is 438 g/mol. The standard InChI is InChI=1S/C25H31N3O4/c1-30-22-4-9-26-21(15-22)17-28-18-25(32-13-6-24(28)29)7-10-27(11-8-25)16-19-2-3-23-20(14-19)5-12-31-23/h2-4,9,14-15H,5-8,10-13,16-18H2,1H3.